The first-order valence-corrected chi connectivity index (χ1v) is 4.92. The summed E-state index contributed by atoms with van der Waals surface area (Å²) >= 11 is 15.5. The quantitative estimate of drug-likeness (QED) is 0.670. The Labute approximate surface area is 74.0 Å². The van der Waals surface area contributed by atoms with Crippen molar-refractivity contribution in [2.24, 2.45) is 0 Å². The van der Waals surface area contributed by atoms with Gasteiger partial charge in [0.2, 0.25) is 0 Å². The van der Waals surface area contributed by atoms with Crippen LogP contribution in [0.1, 0.15) is 6.42 Å². The molecule has 0 bridgehead atoms. The first-order valence-electron chi connectivity index (χ1n) is 2.21. The van der Waals surface area contributed by atoms with Crippen molar-refractivity contribution in [1.29, 1.82) is 0 Å². The van der Waals surface area contributed by atoms with Crippen LogP contribution in [0.15, 0.2) is 0 Å². The van der Waals surface area contributed by atoms with Crippen LogP contribution in [0.4, 0.5) is 0 Å². The molecule has 0 aliphatic rings. The van der Waals surface area contributed by atoms with Crippen molar-refractivity contribution in [3.05, 3.63) is 0 Å². The average Bonchev–Trinajstić information content (AvgIpc) is 1.57. The number of hydrogen-bond acceptors (Lipinski definition) is 2. The van der Waals surface area contributed by atoms with Crippen molar-refractivity contribution in [3.8, 4) is 0 Å². The molecule has 0 saturated heterocycles. The maximum Gasteiger partial charge on any atom is 0.294 e. The second-order valence-corrected chi connectivity index (χ2v) is 5.67. The van der Waals surface area contributed by atoms with E-state index in [4.69, 9.17) is 34.8 Å². The molecule has 0 spiro atoms. The second kappa shape index (κ2) is 3.45. The SMILES string of the molecule is [O]S(=O)(=O)CCC(Cl)(Cl)Cl. The van der Waals surface area contributed by atoms with Crippen LogP contribution in [-0.2, 0) is 14.7 Å². The molecule has 0 N–H and O–H groups in total. The fourth-order valence-electron chi connectivity index (χ4n) is 0.241. The lowest BCUT2D eigenvalue weighted by Gasteiger charge is -2.06. The van der Waals surface area contributed by atoms with Crippen LogP contribution in [0, 0.1) is 0 Å². The minimum absolute atomic E-state index is 0.274. The zero-order valence-electron chi connectivity index (χ0n) is 4.68. The van der Waals surface area contributed by atoms with E-state index in [0.717, 1.165) is 0 Å². The van der Waals surface area contributed by atoms with Crippen LogP contribution in [0.25, 0.3) is 0 Å². The number of hydrogen-bond donors (Lipinski definition) is 0. The molecule has 0 rings (SSSR count). The molecule has 0 unspecified atom stereocenters. The molecule has 3 nitrogen and oxygen atoms in total. The predicted molar refractivity (Wildman–Crippen MR) is 39.4 cm³/mol. The Bertz CT molecular complexity index is 192. The molecule has 0 heterocycles. The first kappa shape index (κ1) is 10.8. The number of halogens is 3. The Balaban J connectivity index is 3.79. The highest BCUT2D eigenvalue weighted by molar-refractivity contribution is 7.85. The van der Waals surface area contributed by atoms with E-state index in [1.54, 1.807) is 0 Å². The largest absolute Gasteiger partial charge is 0.294 e. The lowest BCUT2D eigenvalue weighted by Crippen LogP contribution is -2.11. The summed E-state index contributed by atoms with van der Waals surface area (Å²) in [5.74, 6) is -0.649. The molecule has 1 radical (unpaired) electrons. The molecular formula is C3H4Cl3O3S. The average molecular weight is 226 g/mol. The van der Waals surface area contributed by atoms with E-state index < -0.39 is 19.7 Å². The van der Waals surface area contributed by atoms with E-state index in [0.29, 0.717) is 0 Å². The minimum Gasteiger partial charge on any atom is -0.197 e. The molecule has 0 atom stereocenters. The van der Waals surface area contributed by atoms with E-state index in [-0.39, 0.29) is 6.42 Å². The van der Waals surface area contributed by atoms with Crippen molar-refractivity contribution >= 4 is 44.9 Å². The molecule has 0 saturated carbocycles. The van der Waals surface area contributed by atoms with Gasteiger partial charge in [0.1, 0.15) is 0 Å². The highest BCUT2D eigenvalue weighted by Crippen LogP contribution is 2.30. The van der Waals surface area contributed by atoms with Crippen molar-refractivity contribution in [3.63, 3.8) is 0 Å². The van der Waals surface area contributed by atoms with Gasteiger partial charge >= 0.3 is 0 Å². The molecule has 0 amide bonds. The third-order valence-electron chi connectivity index (χ3n) is 0.636. The van der Waals surface area contributed by atoms with Gasteiger partial charge in [0.25, 0.3) is 10.1 Å². The molecule has 61 valence electrons. The van der Waals surface area contributed by atoms with E-state index >= 15 is 0 Å². The summed E-state index contributed by atoms with van der Waals surface area (Å²) in [7, 11) is -4.26. The standard InChI is InChI=1S/C3H4Cl3O3S/c4-3(5,6)1-2-10(7,8)9/h1-2H2. The summed E-state index contributed by atoms with van der Waals surface area (Å²) in [5.41, 5.74) is 0. The lowest BCUT2D eigenvalue weighted by molar-refractivity contribution is 0.413. The van der Waals surface area contributed by atoms with E-state index in [1.165, 1.54) is 0 Å². The van der Waals surface area contributed by atoms with Gasteiger partial charge in [-0.3, -0.25) is 0 Å². The van der Waals surface area contributed by atoms with E-state index in [2.05, 4.69) is 0 Å². The first-order chi connectivity index (χ1) is 4.21. The molecule has 10 heavy (non-hydrogen) atoms. The third kappa shape index (κ3) is 8.78. The smallest absolute Gasteiger partial charge is 0.197 e. The van der Waals surface area contributed by atoms with Gasteiger partial charge in [0, 0.05) is 6.42 Å². The molecule has 0 aromatic carbocycles. The maximum atomic E-state index is 9.95. The second-order valence-electron chi connectivity index (χ2n) is 1.63. The molecule has 0 fully saturated rings. The Hall–Kier alpha value is 0.780. The minimum atomic E-state index is -4.26. The summed E-state index contributed by atoms with van der Waals surface area (Å²) in [5, 5.41) is 0. The summed E-state index contributed by atoms with van der Waals surface area (Å²) in [4.78, 5) is 0. The van der Waals surface area contributed by atoms with Crippen LogP contribution >= 0.6 is 34.8 Å². The fraction of sp³-hybridized carbons (Fsp3) is 1.00. The van der Waals surface area contributed by atoms with Crippen LogP contribution in [0.3, 0.4) is 0 Å². The lowest BCUT2D eigenvalue weighted by atomic mass is 10.6. The molecule has 7 heteroatoms. The third-order valence-corrected chi connectivity index (χ3v) is 1.91. The van der Waals surface area contributed by atoms with E-state index in [9.17, 15) is 13.0 Å². The van der Waals surface area contributed by atoms with Gasteiger partial charge in [-0.05, 0) is 0 Å². The maximum absolute atomic E-state index is 9.95. The summed E-state index contributed by atoms with van der Waals surface area (Å²) < 4.78 is 28.2. The van der Waals surface area contributed by atoms with Gasteiger partial charge in [-0.2, -0.15) is 8.42 Å². The van der Waals surface area contributed by atoms with Crippen LogP contribution in [-0.4, -0.2) is 18.0 Å². The van der Waals surface area contributed by atoms with Gasteiger partial charge in [0.15, 0.2) is 3.79 Å². The van der Waals surface area contributed by atoms with Gasteiger partial charge in [-0.1, -0.05) is 39.4 Å². The molecule has 0 aliphatic carbocycles. The van der Waals surface area contributed by atoms with Gasteiger partial charge in [0.05, 0.1) is 5.75 Å². The normalized spacial score (nSPS) is 13.6. The summed E-state index contributed by atoms with van der Waals surface area (Å²) in [6.45, 7) is 0. The predicted octanol–water partition coefficient (Wildman–Crippen LogP) is 1.51. The van der Waals surface area contributed by atoms with Gasteiger partial charge in [-0.15, -0.1) is 0 Å². The highest BCUT2D eigenvalue weighted by Gasteiger charge is 2.22. The Morgan fingerprint density at radius 3 is 1.70 bits per heavy atom. The number of alkyl halides is 3. The summed E-state index contributed by atoms with van der Waals surface area (Å²) in [6.07, 6.45) is -0.274. The zero-order chi connectivity index (χ0) is 8.41. The molecule has 0 aromatic rings. The highest BCUT2D eigenvalue weighted by atomic mass is 35.6. The van der Waals surface area contributed by atoms with Gasteiger partial charge < -0.3 is 0 Å². The Kier molecular flexibility index (Phi) is 3.72. The van der Waals surface area contributed by atoms with Crippen LogP contribution in [0.2, 0.25) is 0 Å². The van der Waals surface area contributed by atoms with Crippen LogP contribution < -0.4 is 0 Å². The molecular weight excluding hydrogens is 222 g/mol. The van der Waals surface area contributed by atoms with Crippen molar-refractivity contribution < 1.29 is 13.0 Å². The molecule has 0 aliphatic heterocycles. The van der Waals surface area contributed by atoms with Gasteiger partial charge in [-0.25, -0.2) is 0 Å². The van der Waals surface area contributed by atoms with Crippen molar-refractivity contribution in [2.45, 2.75) is 10.2 Å². The van der Waals surface area contributed by atoms with Crippen LogP contribution in [0.5, 0.6) is 0 Å². The summed E-state index contributed by atoms with van der Waals surface area (Å²) in [6, 6.07) is 0. The zero-order valence-corrected chi connectivity index (χ0v) is 7.77. The van der Waals surface area contributed by atoms with Crippen molar-refractivity contribution in [2.75, 3.05) is 5.75 Å². The number of rotatable bonds is 2. The Morgan fingerprint density at radius 2 is 1.60 bits per heavy atom. The fourth-order valence-corrected chi connectivity index (χ4v) is 1.42. The topological polar surface area (TPSA) is 54.0 Å². The molecule has 0 aromatic heterocycles. The monoisotopic (exact) mass is 225 g/mol. The van der Waals surface area contributed by atoms with Crippen molar-refractivity contribution in [1.82, 2.24) is 0 Å². The van der Waals surface area contributed by atoms with E-state index in [1.807, 2.05) is 0 Å². The Morgan fingerprint density at radius 1 is 1.20 bits per heavy atom.